The lowest BCUT2D eigenvalue weighted by Crippen LogP contribution is -1.98. The molecule has 9 aromatic carbocycles. The molecule has 0 unspecified atom stereocenters. The number of phenolic OH excluding ortho intramolecular Hbond substituents is 30. The van der Waals surface area contributed by atoms with Gasteiger partial charge in [0, 0.05) is 54.7 Å². The van der Waals surface area contributed by atoms with E-state index in [2.05, 4.69) is 0 Å². The maximum Gasteiger partial charge on any atom is 0.208 e. The Morgan fingerprint density at radius 2 is 0.316 bits per heavy atom. The predicted octanol–water partition coefficient (Wildman–Crippen LogP) is 4.88. The fraction of sp³-hybridized carbons (Fsp3) is 0. The number of hydrogen-bond acceptors (Lipinski definition) is 31. The molecule has 0 bridgehead atoms. The Hall–Kier alpha value is -12.4. The van der Waals surface area contributed by atoms with Crippen LogP contribution in [0.15, 0.2) is 4.42 Å². The summed E-state index contributed by atoms with van der Waals surface area (Å²) in [6.07, 6.45) is 0. The summed E-state index contributed by atoms with van der Waals surface area (Å²) in [4.78, 5) is 0. The topological polar surface area (TPSA) is 620 Å². The Morgan fingerprint density at radius 3 is 0.671 bits per heavy atom. The molecule has 0 aliphatic carbocycles. The fourth-order valence-corrected chi connectivity index (χ4v) is 9.72. The van der Waals surface area contributed by atoms with E-state index in [9.17, 15) is 153 Å². The summed E-state index contributed by atoms with van der Waals surface area (Å²) in [7, 11) is 0. The average Bonchev–Trinajstić information content (AvgIpc) is 3.85. The summed E-state index contributed by atoms with van der Waals surface area (Å²) >= 11 is 0. The van der Waals surface area contributed by atoms with E-state index in [-0.39, 0.29) is 0 Å². The molecule has 0 fully saturated rings. The van der Waals surface area contributed by atoms with Crippen LogP contribution in [0.25, 0.3) is 98.8 Å². The molecule has 0 aliphatic rings. The normalized spacial score (nSPS) is 11.8. The number of fused-ring (bicyclic) bond motifs is 6. The molecule has 79 heavy (non-hydrogen) atoms. The molecule has 0 atom stereocenters. The summed E-state index contributed by atoms with van der Waals surface area (Å²) < 4.78 is 5.57. The van der Waals surface area contributed by atoms with Crippen molar-refractivity contribution in [2.45, 2.75) is 0 Å². The Bertz CT molecular complexity index is 4450. The number of phenols is 30. The number of aromatic hydroxyl groups is 30. The highest BCUT2D eigenvalue weighted by Gasteiger charge is 2.42. The van der Waals surface area contributed by atoms with Crippen molar-refractivity contribution >= 4 is 54.3 Å². The van der Waals surface area contributed by atoms with Crippen LogP contribution in [0.1, 0.15) is 0 Å². The molecule has 0 saturated carbocycles. The van der Waals surface area contributed by atoms with E-state index in [4.69, 9.17) is 4.42 Å². The smallest absolute Gasteiger partial charge is 0.208 e. The first kappa shape index (κ1) is 50.1. The van der Waals surface area contributed by atoms with Gasteiger partial charge in [-0.3, -0.25) is 0 Å². The first-order valence-corrected chi connectivity index (χ1v) is 21.1. The number of hydrogen-bond donors (Lipinski definition) is 30. The summed E-state index contributed by atoms with van der Waals surface area (Å²) in [5, 5.41) is 326. The van der Waals surface area contributed by atoms with Gasteiger partial charge in [-0.25, -0.2) is 0 Å². The van der Waals surface area contributed by atoms with E-state index in [1.807, 2.05) is 0 Å². The van der Waals surface area contributed by atoms with Crippen molar-refractivity contribution < 1.29 is 158 Å². The van der Waals surface area contributed by atoms with E-state index in [0.717, 1.165) is 0 Å². The first-order valence-electron chi connectivity index (χ1n) is 21.1. The second-order valence-corrected chi connectivity index (χ2v) is 17.2. The highest BCUT2D eigenvalue weighted by molar-refractivity contribution is 6.35. The molecule has 0 radical (unpaired) electrons. The van der Waals surface area contributed by atoms with E-state index in [1.54, 1.807) is 0 Å². The van der Waals surface area contributed by atoms with Crippen LogP contribution in [0, 0.1) is 0 Å². The highest BCUT2D eigenvalue weighted by Crippen LogP contribution is 2.71. The largest absolute Gasteiger partial charge is 0.506 e. The molecule has 0 saturated heterocycles. The fourth-order valence-electron chi connectivity index (χ4n) is 9.72. The standard InChI is InChI=1S/C48H30O31/c49-17-12-15(32(64)41(73)40(72)29(12)61)33(65)48-16(17)10-8(23(55)44(76)46(78)47(10)79-48)2-5-3(18(50)34(66)36(68)20(5)52)1(4-6(2)21(53)37(69)35(67)19(4)51)7-9(24(56)39(71)38(70)22(7)54)11-25(57)27(59)13(28(60)26(11)58)14-30(62)42(74)45(77)43(75)31(14)63/h49-78H. The van der Waals surface area contributed by atoms with Gasteiger partial charge in [0.05, 0.1) is 32.8 Å². The van der Waals surface area contributed by atoms with Crippen LogP contribution in [0.2, 0.25) is 0 Å². The molecular weight excluding hydrogens is 1070 g/mol. The van der Waals surface area contributed by atoms with Crippen LogP contribution >= 0.6 is 0 Å². The third-order valence-electron chi connectivity index (χ3n) is 13.3. The molecule has 10 rings (SSSR count). The maximum atomic E-state index is 12.0. The third-order valence-corrected chi connectivity index (χ3v) is 13.3. The van der Waals surface area contributed by atoms with Gasteiger partial charge in [0.25, 0.3) is 0 Å². The lowest BCUT2D eigenvalue weighted by atomic mass is 9.79. The number of furan rings is 1. The van der Waals surface area contributed by atoms with Crippen LogP contribution in [-0.2, 0) is 0 Å². The molecule has 408 valence electrons. The van der Waals surface area contributed by atoms with Gasteiger partial charge in [-0.05, 0) is 0 Å². The zero-order chi connectivity index (χ0) is 58.4. The van der Waals surface area contributed by atoms with E-state index >= 15 is 0 Å². The average molecular weight is 1100 g/mol. The van der Waals surface area contributed by atoms with Gasteiger partial charge >= 0.3 is 0 Å². The Kier molecular flexibility index (Phi) is 9.86. The quantitative estimate of drug-likeness (QED) is 0.0634. The van der Waals surface area contributed by atoms with Crippen molar-refractivity contribution in [2.75, 3.05) is 0 Å². The third kappa shape index (κ3) is 5.70. The van der Waals surface area contributed by atoms with Crippen molar-refractivity contribution in [2.24, 2.45) is 0 Å². The minimum absolute atomic E-state index is 1.13. The van der Waals surface area contributed by atoms with Gasteiger partial charge in [-0.1, -0.05) is 0 Å². The van der Waals surface area contributed by atoms with E-state index < -0.39 is 271 Å². The van der Waals surface area contributed by atoms with Gasteiger partial charge in [-0.15, -0.1) is 0 Å². The van der Waals surface area contributed by atoms with Crippen molar-refractivity contribution in [1.82, 2.24) is 0 Å². The zero-order valence-electron chi connectivity index (χ0n) is 37.8. The summed E-state index contributed by atoms with van der Waals surface area (Å²) in [5.74, 6) is -53.2. The molecule has 1 heterocycles. The molecule has 30 N–H and O–H groups in total. The van der Waals surface area contributed by atoms with Gasteiger partial charge in [-0.2, -0.15) is 0 Å². The summed E-state index contributed by atoms with van der Waals surface area (Å²) in [6, 6.07) is 0. The Morgan fingerprint density at radius 1 is 0.114 bits per heavy atom. The van der Waals surface area contributed by atoms with E-state index in [1.165, 1.54) is 0 Å². The molecule has 31 nitrogen and oxygen atoms in total. The molecular formula is C48H30O31. The van der Waals surface area contributed by atoms with Crippen molar-refractivity contribution in [1.29, 1.82) is 0 Å². The van der Waals surface area contributed by atoms with Gasteiger partial charge in [0.2, 0.25) is 74.7 Å². The monoisotopic (exact) mass is 1100 g/mol. The van der Waals surface area contributed by atoms with Crippen molar-refractivity contribution in [3.63, 3.8) is 0 Å². The maximum absolute atomic E-state index is 12.0. The number of rotatable bonds is 4. The van der Waals surface area contributed by atoms with Crippen LogP contribution in [0.3, 0.4) is 0 Å². The lowest BCUT2D eigenvalue weighted by molar-refractivity contribution is 0.329. The second-order valence-electron chi connectivity index (χ2n) is 17.2. The molecule has 31 heteroatoms. The summed E-state index contributed by atoms with van der Waals surface area (Å²) in [5.41, 5.74) is -15.2. The molecule has 1 aromatic heterocycles. The second kappa shape index (κ2) is 15.6. The molecule has 0 spiro atoms. The lowest BCUT2D eigenvalue weighted by Gasteiger charge is -2.26. The van der Waals surface area contributed by atoms with E-state index in [0.29, 0.717) is 0 Å². The first-order chi connectivity index (χ1) is 36.8. The molecule has 0 amide bonds. The van der Waals surface area contributed by atoms with Gasteiger partial charge in [0.15, 0.2) is 103 Å². The summed E-state index contributed by atoms with van der Waals surface area (Å²) in [6.45, 7) is 0. The minimum atomic E-state index is -1.99. The Labute approximate surface area is 428 Å². The van der Waals surface area contributed by atoms with Crippen LogP contribution in [-0.4, -0.2) is 153 Å². The number of benzene rings is 9. The van der Waals surface area contributed by atoms with Crippen molar-refractivity contribution in [3.05, 3.63) is 0 Å². The van der Waals surface area contributed by atoms with Crippen LogP contribution in [0.5, 0.6) is 172 Å². The van der Waals surface area contributed by atoms with Gasteiger partial charge in [0.1, 0.15) is 5.75 Å². The minimum Gasteiger partial charge on any atom is -0.506 e. The highest BCUT2D eigenvalue weighted by atomic mass is 16.4. The van der Waals surface area contributed by atoms with Crippen LogP contribution < -0.4 is 0 Å². The molecule has 0 aliphatic heterocycles. The van der Waals surface area contributed by atoms with Crippen LogP contribution in [0.4, 0.5) is 0 Å². The SMILES string of the molecule is Oc1c(O)c(O)c(-c2c(O)c(O)c(-c3c(O)c(O)c(O)c(O)c3-c3c4c(O)c(O)c(O)c(O)c4c(-c4c(O)c(O)c(O)c5oc6c(O)c7c(O)c(O)c(O)c(O)c7c(O)c6c45)c4c(O)c(O)c(O)c(O)c34)c(O)c2O)c(O)c1O. The molecule has 10 aromatic rings. The van der Waals surface area contributed by atoms with Gasteiger partial charge < -0.3 is 158 Å². The van der Waals surface area contributed by atoms with Crippen molar-refractivity contribution in [3.8, 4) is 217 Å². The Balaban J connectivity index is 1.52. The zero-order valence-corrected chi connectivity index (χ0v) is 37.8. The predicted molar refractivity (Wildman–Crippen MR) is 258 cm³/mol.